The van der Waals surface area contributed by atoms with E-state index in [1.54, 1.807) is 11.3 Å². The molecule has 1 aromatic heterocycles. The summed E-state index contributed by atoms with van der Waals surface area (Å²) in [5.74, 6) is 1.00. The van der Waals surface area contributed by atoms with E-state index in [2.05, 4.69) is 32.7 Å². The van der Waals surface area contributed by atoms with Crippen LogP contribution in [0.3, 0.4) is 0 Å². The SMILES string of the molecule is CCNC(=NCc1sc(C)nc1C)NCCCC(=O)N1Cc2ccccc2C1.I. The number of aryl methyl sites for hydroxylation is 2. The number of guanidine groups is 1. The molecule has 0 bridgehead atoms. The maximum absolute atomic E-state index is 12.5. The van der Waals surface area contributed by atoms with Crippen molar-refractivity contribution < 1.29 is 4.79 Å². The van der Waals surface area contributed by atoms with Crippen molar-refractivity contribution in [2.45, 2.75) is 53.2 Å². The molecule has 0 saturated heterocycles. The largest absolute Gasteiger partial charge is 0.357 e. The monoisotopic (exact) mass is 527 g/mol. The first-order valence-electron chi connectivity index (χ1n) is 9.86. The number of nitrogens with one attached hydrogen (secondary N) is 2. The second kappa shape index (κ2) is 11.5. The highest BCUT2D eigenvalue weighted by atomic mass is 127. The van der Waals surface area contributed by atoms with Gasteiger partial charge in [-0.25, -0.2) is 9.98 Å². The average Bonchev–Trinajstić information content (AvgIpc) is 3.25. The van der Waals surface area contributed by atoms with E-state index in [0.29, 0.717) is 13.0 Å². The van der Waals surface area contributed by atoms with Gasteiger partial charge in [0.05, 0.1) is 17.2 Å². The molecule has 0 unspecified atom stereocenters. The summed E-state index contributed by atoms with van der Waals surface area (Å²) in [6, 6.07) is 8.28. The smallest absolute Gasteiger partial charge is 0.223 e. The molecule has 1 aliphatic heterocycles. The number of thiazole rings is 1. The van der Waals surface area contributed by atoms with Gasteiger partial charge in [-0.05, 0) is 38.3 Å². The summed E-state index contributed by atoms with van der Waals surface area (Å²) in [5, 5.41) is 7.67. The van der Waals surface area contributed by atoms with Crippen LogP contribution in [-0.2, 0) is 24.4 Å². The lowest BCUT2D eigenvalue weighted by atomic mass is 10.1. The van der Waals surface area contributed by atoms with Crippen LogP contribution >= 0.6 is 35.3 Å². The first-order valence-corrected chi connectivity index (χ1v) is 10.7. The Hall–Kier alpha value is -1.68. The Balaban J connectivity index is 0.00000300. The summed E-state index contributed by atoms with van der Waals surface area (Å²) in [7, 11) is 0. The van der Waals surface area contributed by atoms with Gasteiger partial charge in [-0.3, -0.25) is 4.79 Å². The highest BCUT2D eigenvalue weighted by molar-refractivity contribution is 14.0. The number of carbonyl (C=O) groups is 1. The zero-order valence-electron chi connectivity index (χ0n) is 17.3. The minimum absolute atomic E-state index is 0. The predicted octanol–water partition coefficient (Wildman–Crippen LogP) is 3.76. The number of aliphatic imine (C=N–C) groups is 1. The van der Waals surface area contributed by atoms with Crippen molar-refractivity contribution in [3.63, 3.8) is 0 Å². The van der Waals surface area contributed by atoms with E-state index in [9.17, 15) is 4.79 Å². The maximum Gasteiger partial charge on any atom is 0.223 e. The molecule has 3 rings (SSSR count). The van der Waals surface area contributed by atoms with E-state index in [0.717, 1.165) is 49.3 Å². The lowest BCUT2D eigenvalue weighted by Gasteiger charge is -2.16. The standard InChI is InChI=1S/C21H29N5OS.HI/c1-4-22-21(24-12-19-15(2)25-16(3)28-19)23-11-7-10-20(27)26-13-17-8-5-6-9-18(17)14-26;/h5-6,8-9H,4,7,10-14H2,1-3H3,(H2,22,23,24);1H. The van der Waals surface area contributed by atoms with Gasteiger partial charge in [0.15, 0.2) is 5.96 Å². The van der Waals surface area contributed by atoms with Crippen molar-refractivity contribution >= 4 is 47.2 Å². The van der Waals surface area contributed by atoms with Gasteiger partial charge in [-0.15, -0.1) is 35.3 Å². The number of benzene rings is 1. The molecule has 1 aromatic carbocycles. The highest BCUT2D eigenvalue weighted by Gasteiger charge is 2.22. The number of halogens is 1. The lowest BCUT2D eigenvalue weighted by Crippen LogP contribution is -2.38. The van der Waals surface area contributed by atoms with E-state index in [1.807, 2.05) is 37.8 Å². The molecule has 0 radical (unpaired) electrons. The van der Waals surface area contributed by atoms with Crippen LogP contribution in [0.2, 0.25) is 0 Å². The number of aromatic nitrogens is 1. The fraction of sp³-hybridized carbons (Fsp3) is 0.476. The van der Waals surface area contributed by atoms with Crippen LogP contribution in [0, 0.1) is 13.8 Å². The van der Waals surface area contributed by atoms with Crippen molar-refractivity contribution in [3.05, 3.63) is 51.0 Å². The molecule has 0 saturated carbocycles. The fourth-order valence-electron chi connectivity index (χ4n) is 3.33. The molecule has 0 atom stereocenters. The molecule has 0 aliphatic carbocycles. The quantitative estimate of drug-likeness (QED) is 0.249. The van der Waals surface area contributed by atoms with E-state index in [-0.39, 0.29) is 29.9 Å². The molecule has 2 aromatic rings. The van der Waals surface area contributed by atoms with Crippen molar-refractivity contribution in [1.29, 1.82) is 0 Å². The summed E-state index contributed by atoms with van der Waals surface area (Å²) in [6.45, 7) is 9.71. The third-order valence-electron chi connectivity index (χ3n) is 4.78. The zero-order chi connectivity index (χ0) is 19.9. The molecular weight excluding hydrogens is 497 g/mol. The highest BCUT2D eigenvalue weighted by Crippen LogP contribution is 2.23. The van der Waals surface area contributed by atoms with Gasteiger partial charge in [-0.2, -0.15) is 0 Å². The zero-order valence-corrected chi connectivity index (χ0v) is 20.5. The van der Waals surface area contributed by atoms with Crippen LogP contribution in [0.25, 0.3) is 0 Å². The summed E-state index contributed by atoms with van der Waals surface area (Å²) in [4.78, 5) is 24.7. The first kappa shape index (κ1) is 23.6. The van der Waals surface area contributed by atoms with Gasteiger partial charge in [0.25, 0.3) is 0 Å². The van der Waals surface area contributed by atoms with Gasteiger partial charge in [-0.1, -0.05) is 24.3 Å². The van der Waals surface area contributed by atoms with Crippen LogP contribution in [0.1, 0.15) is 46.5 Å². The molecule has 8 heteroatoms. The molecule has 1 amide bonds. The second-order valence-corrected chi connectivity index (χ2v) is 8.27. The van der Waals surface area contributed by atoms with E-state index >= 15 is 0 Å². The number of amides is 1. The normalized spacial score (nSPS) is 13.1. The van der Waals surface area contributed by atoms with E-state index in [4.69, 9.17) is 0 Å². The Bertz CT molecular complexity index is 826. The fourth-order valence-corrected chi connectivity index (χ4v) is 4.19. The maximum atomic E-state index is 12.5. The number of rotatable bonds is 7. The van der Waals surface area contributed by atoms with Gasteiger partial charge in [0.1, 0.15) is 0 Å². The number of carbonyl (C=O) groups excluding carboxylic acids is 1. The van der Waals surface area contributed by atoms with Crippen LogP contribution in [0.4, 0.5) is 0 Å². The molecule has 1 aliphatic rings. The molecule has 29 heavy (non-hydrogen) atoms. The van der Waals surface area contributed by atoms with E-state index in [1.165, 1.54) is 16.0 Å². The number of hydrogen-bond donors (Lipinski definition) is 2. The Kier molecular flexibility index (Phi) is 9.35. The van der Waals surface area contributed by atoms with Crippen LogP contribution in [0.5, 0.6) is 0 Å². The Morgan fingerprint density at radius 1 is 1.21 bits per heavy atom. The molecule has 158 valence electrons. The van der Waals surface area contributed by atoms with Gasteiger partial charge < -0.3 is 15.5 Å². The summed E-state index contributed by atoms with van der Waals surface area (Å²) < 4.78 is 0. The minimum atomic E-state index is 0. The minimum Gasteiger partial charge on any atom is -0.357 e. The van der Waals surface area contributed by atoms with Crippen LogP contribution in [0.15, 0.2) is 29.3 Å². The van der Waals surface area contributed by atoms with Crippen molar-refractivity contribution in [2.24, 2.45) is 4.99 Å². The molecule has 2 N–H and O–H groups in total. The number of nitrogens with zero attached hydrogens (tertiary/aromatic N) is 3. The number of fused-ring (bicyclic) bond motifs is 1. The Labute approximate surface area is 194 Å². The second-order valence-electron chi connectivity index (χ2n) is 6.99. The van der Waals surface area contributed by atoms with E-state index < -0.39 is 0 Å². The molecule has 2 heterocycles. The third-order valence-corrected chi connectivity index (χ3v) is 5.84. The van der Waals surface area contributed by atoms with Crippen molar-refractivity contribution in [1.82, 2.24) is 20.5 Å². The van der Waals surface area contributed by atoms with Crippen LogP contribution < -0.4 is 10.6 Å². The van der Waals surface area contributed by atoms with Crippen molar-refractivity contribution in [3.8, 4) is 0 Å². The van der Waals surface area contributed by atoms with Crippen molar-refractivity contribution in [2.75, 3.05) is 13.1 Å². The van der Waals surface area contributed by atoms with Gasteiger partial charge in [0, 0.05) is 37.5 Å². The van der Waals surface area contributed by atoms with Gasteiger partial charge >= 0.3 is 0 Å². The van der Waals surface area contributed by atoms with Crippen LogP contribution in [-0.4, -0.2) is 34.8 Å². The summed E-state index contributed by atoms with van der Waals surface area (Å²) >= 11 is 1.69. The Morgan fingerprint density at radius 3 is 2.48 bits per heavy atom. The number of hydrogen-bond acceptors (Lipinski definition) is 4. The molecular formula is C21H30IN5OS. The summed E-state index contributed by atoms with van der Waals surface area (Å²) in [5.41, 5.74) is 3.59. The topological polar surface area (TPSA) is 69.6 Å². The third kappa shape index (κ3) is 6.67. The molecule has 6 nitrogen and oxygen atoms in total. The van der Waals surface area contributed by atoms with Gasteiger partial charge in [0.2, 0.25) is 5.91 Å². The summed E-state index contributed by atoms with van der Waals surface area (Å²) in [6.07, 6.45) is 1.34. The molecule has 0 spiro atoms. The predicted molar refractivity (Wildman–Crippen MR) is 130 cm³/mol. The average molecular weight is 527 g/mol. The molecule has 0 fully saturated rings. The first-order chi connectivity index (χ1) is 13.6. The Morgan fingerprint density at radius 2 is 1.90 bits per heavy atom. The lowest BCUT2D eigenvalue weighted by molar-refractivity contribution is -0.131.